The van der Waals surface area contributed by atoms with Crippen LogP contribution in [0.3, 0.4) is 0 Å². The van der Waals surface area contributed by atoms with E-state index in [4.69, 9.17) is 12.2 Å². The SMILES string of the molecule is CC(C)C1CCCN(C(=S)NC2CCCC2)CC1. The molecule has 3 heteroatoms. The van der Waals surface area contributed by atoms with Crippen molar-refractivity contribution in [2.45, 2.75) is 64.8 Å². The van der Waals surface area contributed by atoms with Crippen molar-refractivity contribution in [2.75, 3.05) is 13.1 Å². The molecular weight excluding hydrogens is 240 g/mol. The maximum atomic E-state index is 5.59. The van der Waals surface area contributed by atoms with Gasteiger partial charge in [0.05, 0.1) is 0 Å². The molecule has 0 amide bonds. The number of thiocarbonyl (C=S) groups is 1. The van der Waals surface area contributed by atoms with Crippen molar-refractivity contribution in [2.24, 2.45) is 11.8 Å². The summed E-state index contributed by atoms with van der Waals surface area (Å²) < 4.78 is 0. The second-order valence-electron chi connectivity index (χ2n) is 6.35. The molecule has 0 radical (unpaired) electrons. The van der Waals surface area contributed by atoms with Crippen molar-refractivity contribution in [3.8, 4) is 0 Å². The lowest BCUT2D eigenvalue weighted by Gasteiger charge is -2.27. The van der Waals surface area contributed by atoms with Gasteiger partial charge in [0.25, 0.3) is 0 Å². The van der Waals surface area contributed by atoms with E-state index < -0.39 is 0 Å². The smallest absolute Gasteiger partial charge is 0.169 e. The number of hydrogen-bond acceptors (Lipinski definition) is 1. The molecule has 0 aromatic heterocycles. The average Bonchev–Trinajstić information content (AvgIpc) is 2.70. The number of rotatable bonds is 2. The molecule has 0 spiro atoms. The van der Waals surface area contributed by atoms with Gasteiger partial charge in [-0.05, 0) is 56.2 Å². The molecule has 1 saturated heterocycles. The molecule has 104 valence electrons. The van der Waals surface area contributed by atoms with E-state index in [-0.39, 0.29) is 0 Å². The van der Waals surface area contributed by atoms with E-state index in [1.54, 1.807) is 0 Å². The largest absolute Gasteiger partial charge is 0.360 e. The minimum atomic E-state index is 0.654. The van der Waals surface area contributed by atoms with Crippen molar-refractivity contribution in [3.05, 3.63) is 0 Å². The Morgan fingerprint density at radius 2 is 1.78 bits per heavy atom. The molecule has 0 bridgehead atoms. The molecule has 0 aromatic rings. The minimum Gasteiger partial charge on any atom is -0.360 e. The monoisotopic (exact) mass is 268 g/mol. The first-order valence-corrected chi connectivity index (χ1v) is 8.13. The summed E-state index contributed by atoms with van der Waals surface area (Å²) >= 11 is 5.59. The van der Waals surface area contributed by atoms with Gasteiger partial charge in [-0.3, -0.25) is 0 Å². The lowest BCUT2D eigenvalue weighted by Crippen LogP contribution is -2.44. The highest BCUT2D eigenvalue weighted by molar-refractivity contribution is 7.80. The Morgan fingerprint density at radius 1 is 1.06 bits per heavy atom. The Labute approximate surface area is 118 Å². The fourth-order valence-corrected chi connectivity index (χ4v) is 3.68. The van der Waals surface area contributed by atoms with Crippen LogP contribution in [0.15, 0.2) is 0 Å². The van der Waals surface area contributed by atoms with Crippen LogP contribution >= 0.6 is 12.2 Å². The van der Waals surface area contributed by atoms with Crippen molar-refractivity contribution in [1.29, 1.82) is 0 Å². The maximum absolute atomic E-state index is 5.59. The molecular formula is C15H28N2S. The Bertz CT molecular complexity index is 272. The van der Waals surface area contributed by atoms with Crippen LogP contribution in [0.1, 0.15) is 58.8 Å². The fraction of sp³-hybridized carbons (Fsp3) is 0.933. The van der Waals surface area contributed by atoms with Crippen molar-refractivity contribution in [3.63, 3.8) is 0 Å². The van der Waals surface area contributed by atoms with Gasteiger partial charge in [-0.25, -0.2) is 0 Å². The van der Waals surface area contributed by atoms with Gasteiger partial charge in [0.15, 0.2) is 5.11 Å². The molecule has 1 N–H and O–H groups in total. The number of nitrogens with zero attached hydrogens (tertiary/aromatic N) is 1. The molecule has 2 aliphatic rings. The molecule has 1 aliphatic carbocycles. The summed E-state index contributed by atoms with van der Waals surface area (Å²) in [5.41, 5.74) is 0. The first kappa shape index (κ1) is 14.1. The normalized spacial score (nSPS) is 26.4. The Morgan fingerprint density at radius 3 is 2.44 bits per heavy atom. The topological polar surface area (TPSA) is 15.3 Å². The van der Waals surface area contributed by atoms with Crippen LogP contribution in [0.2, 0.25) is 0 Å². The summed E-state index contributed by atoms with van der Waals surface area (Å²) in [5, 5.41) is 4.60. The van der Waals surface area contributed by atoms with Crippen molar-refractivity contribution < 1.29 is 0 Å². The summed E-state index contributed by atoms with van der Waals surface area (Å²) in [5.74, 6) is 1.71. The molecule has 1 saturated carbocycles. The number of nitrogens with one attached hydrogen (secondary N) is 1. The Kier molecular flexibility index (Phi) is 5.28. The number of hydrogen-bond donors (Lipinski definition) is 1. The zero-order valence-corrected chi connectivity index (χ0v) is 12.8. The summed E-state index contributed by atoms with van der Waals surface area (Å²) in [7, 11) is 0. The highest BCUT2D eigenvalue weighted by Crippen LogP contribution is 2.25. The van der Waals surface area contributed by atoms with Gasteiger partial charge < -0.3 is 10.2 Å². The van der Waals surface area contributed by atoms with E-state index in [1.807, 2.05) is 0 Å². The Balaban J connectivity index is 1.79. The third-order valence-corrected chi connectivity index (χ3v) is 5.06. The van der Waals surface area contributed by atoms with Crippen molar-refractivity contribution in [1.82, 2.24) is 10.2 Å². The summed E-state index contributed by atoms with van der Waals surface area (Å²) in [6.45, 7) is 7.02. The lowest BCUT2D eigenvalue weighted by molar-refractivity contribution is 0.338. The summed E-state index contributed by atoms with van der Waals surface area (Å²) in [6.07, 6.45) is 9.34. The molecule has 2 rings (SSSR count). The molecule has 18 heavy (non-hydrogen) atoms. The molecule has 2 fully saturated rings. The van der Waals surface area contributed by atoms with Crippen LogP contribution in [0.25, 0.3) is 0 Å². The van der Waals surface area contributed by atoms with Gasteiger partial charge in [0.1, 0.15) is 0 Å². The van der Waals surface area contributed by atoms with Gasteiger partial charge in [-0.2, -0.15) is 0 Å². The van der Waals surface area contributed by atoms with E-state index >= 15 is 0 Å². The molecule has 1 unspecified atom stereocenters. The molecule has 1 heterocycles. The molecule has 2 nitrogen and oxygen atoms in total. The van der Waals surface area contributed by atoms with E-state index in [0.29, 0.717) is 6.04 Å². The van der Waals surface area contributed by atoms with Crippen LogP contribution in [0, 0.1) is 11.8 Å². The van der Waals surface area contributed by atoms with Crippen LogP contribution in [-0.4, -0.2) is 29.1 Å². The van der Waals surface area contributed by atoms with E-state index in [2.05, 4.69) is 24.1 Å². The first-order valence-electron chi connectivity index (χ1n) is 7.72. The van der Waals surface area contributed by atoms with Gasteiger partial charge in [-0.1, -0.05) is 26.7 Å². The average molecular weight is 268 g/mol. The highest BCUT2D eigenvalue weighted by atomic mass is 32.1. The fourth-order valence-electron chi connectivity index (χ4n) is 3.33. The van der Waals surface area contributed by atoms with Crippen molar-refractivity contribution >= 4 is 17.3 Å². The van der Waals surface area contributed by atoms with Gasteiger partial charge in [-0.15, -0.1) is 0 Å². The van der Waals surface area contributed by atoms with Crippen LogP contribution in [0.4, 0.5) is 0 Å². The second kappa shape index (κ2) is 6.74. The Hall–Kier alpha value is -0.310. The van der Waals surface area contributed by atoms with E-state index in [1.165, 1.54) is 44.9 Å². The minimum absolute atomic E-state index is 0.654. The third kappa shape index (κ3) is 3.84. The van der Waals surface area contributed by atoms with E-state index in [0.717, 1.165) is 30.0 Å². The lowest BCUT2D eigenvalue weighted by atomic mass is 9.89. The predicted octanol–water partition coefficient (Wildman–Crippen LogP) is 3.56. The van der Waals surface area contributed by atoms with Gasteiger partial charge >= 0.3 is 0 Å². The summed E-state index contributed by atoms with van der Waals surface area (Å²) in [4.78, 5) is 2.41. The standard InChI is InChI=1S/C15H28N2S/c1-12(2)13-6-5-10-17(11-9-13)15(18)16-14-7-3-4-8-14/h12-14H,3-11H2,1-2H3,(H,16,18). The van der Waals surface area contributed by atoms with Crippen LogP contribution < -0.4 is 5.32 Å². The van der Waals surface area contributed by atoms with E-state index in [9.17, 15) is 0 Å². The maximum Gasteiger partial charge on any atom is 0.169 e. The zero-order chi connectivity index (χ0) is 13.0. The highest BCUT2D eigenvalue weighted by Gasteiger charge is 2.22. The first-order chi connectivity index (χ1) is 8.66. The molecule has 1 atom stereocenters. The van der Waals surface area contributed by atoms with Gasteiger partial charge in [0, 0.05) is 19.1 Å². The summed E-state index contributed by atoms with van der Waals surface area (Å²) in [6, 6.07) is 0.654. The molecule has 0 aromatic carbocycles. The second-order valence-corrected chi connectivity index (χ2v) is 6.74. The van der Waals surface area contributed by atoms with Crippen LogP contribution in [0.5, 0.6) is 0 Å². The third-order valence-electron chi connectivity index (χ3n) is 4.69. The predicted molar refractivity (Wildman–Crippen MR) is 81.7 cm³/mol. The van der Waals surface area contributed by atoms with Gasteiger partial charge in [0.2, 0.25) is 0 Å². The number of likely N-dealkylation sites (tertiary alicyclic amines) is 1. The zero-order valence-electron chi connectivity index (χ0n) is 12.0. The molecule has 1 aliphatic heterocycles. The quantitative estimate of drug-likeness (QED) is 0.771. The van der Waals surface area contributed by atoms with Crippen LogP contribution in [-0.2, 0) is 0 Å².